The number of carbonyl (C=O) groups excluding carboxylic acids is 1. The molecule has 1 fully saturated rings. The number of halogens is 1. The van der Waals surface area contributed by atoms with E-state index in [1.807, 2.05) is 37.4 Å². The molecular weight excluding hydrogens is 325 g/mol. The number of alkyl halides is 1. The predicted molar refractivity (Wildman–Crippen MR) is 96.0 cm³/mol. The normalized spacial score (nSPS) is 18.9. The van der Waals surface area contributed by atoms with Crippen LogP contribution in [0.3, 0.4) is 0 Å². The molecule has 4 rings (SSSR count). The molecule has 1 N–H and O–H groups in total. The Kier molecular flexibility index (Phi) is 4.32. The van der Waals surface area contributed by atoms with Gasteiger partial charge in [0.2, 0.25) is 5.91 Å². The highest BCUT2D eigenvalue weighted by Crippen LogP contribution is 2.36. The van der Waals surface area contributed by atoms with Crippen LogP contribution in [-0.4, -0.2) is 22.0 Å². The van der Waals surface area contributed by atoms with Crippen molar-refractivity contribution in [2.24, 2.45) is 5.92 Å². The zero-order valence-corrected chi connectivity index (χ0v) is 13.2. The van der Waals surface area contributed by atoms with Crippen molar-refractivity contribution in [1.29, 1.82) is 0 Å². The fraction of sp³-hybridized carbons (Fsp3) is 0.278. The van der Waals surface area contributed by atoms with Gasteiger partial charge in [-0.25, -0.2) is 9.37 Å². The van der Waals surface area contributed by atoms with Gasteiger partial charge in [0.05, 0.1) is 16.1 Å². The number of nitrogens with one attached hydrogen (secondary N) is 1. The molecule has 124 valence electrons. The standard InChI is InChI=1S/C17H14FN3OS.CH4/c1-9-4-5-19-8-12(9)10-2-3-14-15(6-10)23-17(20-14)21-16(22)11-7-13(11)18;/h2-6,8,11,13H,7H2,1H3,(H,20,21,22);1H4/t11-,13+;/m0./s1. The van der Waals surface area contributed by atoms with Crippen LogP contribution in [0.15, 0.2) is 36.7 Å². The summed E-state index contributed by atoms with van der Waals surface area (Å²) in [6.07, 6.45) is 2.94. The number of thiazole rings is 1. The number of hydrogen-bond donors (Lipinski definition) is 1. The number of aromatic nitrogens is 2. The molecule has 6 heteroatoms. The Morgan fingerprint density at radius 1 is 1.38 bits per heavy atom. The van der Waals surface area contributed by atoms with E-state index in [0.717, 1.165) is 26.9 Å². The molecule has 0 unspecified atom stereocenters. The van der Waals surface area contributed by atoms with Crippen LogP contribution in [0.2, 0.25) is 0 Å². The van der Waals surface area contributed by atoms with Crippen molar-refractivity contribution in [1.82, 2.24) is 9.97 Å². The van der Waals surface area contributed by atoms with Crippen molar-refractivity contribution < 1.29 is 9.18 Å². The zero-order valence-electron chi connectivity index (χ0n) is 12.4. The third-order valence-corrected chi connectivity index (χ3v) is 4.95. The van der Waals surface area contributed by atoms with E-state index in [9.17, 15) is 9.18 Å². The van der Waals surface area contributed by atoms with Gasteiger partial charge in [-0.2, -0.15) is 0 Å². The van der Waals surface area contributed by atoms with Gasteiger partial charge in [0.25, 0.3) is 0 Å². The molecule has 1 aliphatic rings. The van der Waals surface area contributed by atoms with Crippen LogP contribution in [0.5, 0.6) is 0 Å². The van der Waals surface area contributed by atoms with Crippen molar-refractivity contribution in [3.05, 3.63) is 42.2 Å². The zero-order chi connectivity index (χ0) is 16.0. The Morgan fingerprint density at radius 3 is 2.88 bits per heavy atom. The van der Waals surface area contributed by atoms with E-state index >= 15 is 0 Å². The molecule has 2 atom stereocenters. The summed E-state index contributed by atoms with van der Waals surface area (Å²) < 4.78 is 13.9. The molecular formula is C18H18FN3OS. The maximum absolute atomic E-state index is 12.9. The first-order valence-electron chi connectivity index (χ1n) is 7.38. The van der Waals surface area contributed by atoms with E-state index in [-0.39, 0.29) is 13.3 Å². The maximum Gasteiger partial charge on any atom is 0.232 e. The van der Waals surface area contributed by atoms with Gasteiger partial charge >= 0.3 is 0 Å². The number of amides is 1. The van der Waals surface area contributed by atoms with Crippen LogP contribution in [0.25, 0.3) is 21.3 Å². The molecule has 2 heterocycles. The summed E-state index contributed by atoms with van der Waals surface area (Å²) in [5, 5.41) is 3.23. The van der Waals surface area contributed by atoms with Crippen molar-refractivity contribution in [2.45, 2.75) is 26.9 Å². The number of carbonyl (C=O) groups is 1. The molecule has 0 spiro atoms. The summed E-state index contributed by atoms with van der Waals surface area (Å²) in [7, 11) is 0. The predicted octanol–water partition coefficient (Wildman–Crippen LogP) is 4.60. The molecule has 1 aromatic carbocycles. The summed E-state index contributed by atoms with van der Waals surface area (Å²) in [4.78, 5) is 20.4. The number of aryl methyl sites for hydroxylation is 1. The van der Waals surface area contributed by atoms with E-state index in [4.69, 9.17) is 0 Å². The van der Waals surface area contributed by atoms with Gasteiger partial charge < -0.3 is 5.32 Å². The molecule has 1 amide bonds. The van der Waals surface area contributed by atoms with Crippen LogP contribution in [0.1, 0.15) is 19.4 Å². The molecule has 0 radical (unpaired) electrons. The van der Waals surface area contributed by atoms with Gasteiger partial charge in [-0.3, -0.25) is 9.78 Å². The average molecular weight is 343 g/mol. The Morgan fingerprint density at radius 2 is 2.17 bits per heavy atom. The SMILES string of the molecule is C.Cc1ccncc1-c1ccc2nc(NC(=O)[C@H]3C[C@H]3F)sc2c1. The Labute approximate surface area is 143 Å². The van der Waals surface area contributed by atoms with Crippen molar-refractivity contribution in [3.8, 4) is 11.1 Å². The quantitative estimate of drug-likeness (QED) is 0.756. The monoisotopic (exact) mass is 343 g/mol. The molecule has 1 saturated carbocycles. The molecule has 0 saturated heterocycles. The first-order chi connectivity index (χ1) is 11.1. The fourth-order valence-corrected chi connectivity index (χ4v) is 3.45. The van der Waals surface area contributed by atoms with Gasteiger partial charge in [-0.15, -0.1) is 0 Å². The first kappa shape index (κ1) is 16.5. The van der Waals surface area contributed by atoms with Gasteiger partial charge in [0.15, 0.2) is 5.13 Å². The van der Waals surface area contributed by atoms with E-state index in [1.54, 1.807) is 6.20 Å². The number of benzene rings is 1. The lowest BCUT2D eigenvalue weighted by molar-refractivity contribution is -0.117. The highest BCUT2D eigenvalue weighted by molar-refractivity contribution is 7.22. The minimum atomic E-state index is -0.996. The van der Waals surface area contributed by atoms with Crippen LogP contribution in [0.4, 0.5) is 9.52 Å². The largest absolute Gasteiger partial charge is 0.302 e. The molecule has 24 heavy (non-hydrogen) atoms. The van der Waals surface area contributed by atoms with E-state index in [0.29, 0.717) is 11.6 Å². The van der Waals surface area contributed by atoms with Crippen LogP contribution in [-0.2, 0) is 4.79 Å². The second kappa shape index (κ2) is 6.28. The lowest BCUT2D eigenvalue weighted by Crippen LogP contribution is -2.14. The molecule has 4 nitrogen and oxygen atoms in total. The third-order valence-electron chi connectivity index (χ3n) is 4.02. The summed E-state index contributed by atoms with van der Waals surface area (Å²) in [6, 6.07) is 7.94. The van der Waals surface area contributed by atoms with E-state index in [2.05, 4.69) is 15.3 Å². The van der Waals surface area contributed by atoms with Crippen LogP contribution >= 0.6 is 11.3 Å². The highest BCUT2D eigenvalue weighted by Gasteiger charge is 2.43. The fourth-order valence-electron chi connectivity index (χ4n) is 2.55. The van der Waals surface area contributed by atoms with Crippen molar-refractivity contribution in [2.75, 3.05) is 5.32 Å². The number of rotatable bonds is 3. The average Bonchev–Trinajstić information content (AvgIpc) is 3.13. The van der Waals surface area contributed by atoms with Crippen molar-refractivity contribution >= 4 is 32.6 Å². The summed E-state index contributed by atoms with van der Waals surface area (Å²) >= 11 is 1.40. The molecule has 0 aliphatic heterocycles. The highest BCUT2D eigenvalue weighted by atomic mass is 32.1. The number of pyridine rings is 1. The number of nitrogens with zero attached hydrogens (tertiary/aromatic N) is 2. The third kappa shape index (κ3) is 3.01. The Balaban J connectivity index is 0.00000169. The lowest BCUT2D eigenvalue weighted by atomic mass is 10.0. The summed E-state index contributed by atoms with van der Waals surface area (Å²) in [6.45, 7) is 2.04. The minimum Gasteiger partial charge on any atom is -0.302 e. The van der Waals surface area contributed by atoms with E-state index in [1.165, 1.54) is 11.3 Å². The van der Waals surface area contributed by atoms with Gasteiger partial charge in [0, 0.05) is 18.0 Å². The Hall–Kier alpha value is -2.34. The summed E-state index contributed by atoms with van der Waals surface area (Å²) in [5.74, 6) is -0.782. The number of anilines is 1. The van der Waals surface area contributed by atoms with Crippen LogP contribution in [0, 0.1) is 12.8 Å². The topological polar surface area (TPSA) is 54.9 Å². The maximum atomic E-state index is 12.9. The molecule has 3 aromatic rings. The van der Waals surface area contributed by atoms with Gasteiger partial charge in [-0.1, -0.05) is 24.8 Å². The molecule has 0 bridgehead atoms. The van der Waals surface area contributed by atoms with Crippen molar-refractivity contribution in [3.63, 3.8) is 0 Å². The Bertz CT molecular complexity index is 908. The van der Waals surface area contributed by atoms with Crippen LogP contribution < -0.4 is 5.32 Å². The molecule has 1 aliphatic carbocycles. The van der Waals surface area contributed by atoms with E-state index < -0.39 is 12.1 Å². The first-order valence-corrected chi connectivity index (χ1v) is 8.20. The lowest BCUT2D eigenvalue weighted by Gasteiger charge is -2.04. The minimum absolute atomic E-state index is 0. The van der Waals surface area contributed by atoms with Gasteiger partial charge in [0.1, 0.15) is 6.17 Å². The second-order valence-electron chi connectivity index (χ2n) is 5.74. The second-order valence-corrected chi connectivity index (χ2v) is 6.77. The molecule has 2 aromatic heterocycles. The smallest absolute Gasteiger partial charge is 0.232 e. The number of hydrogen-bond acceptors (Lipinski definition) is 4. The number of fused-ring (bicyclic) bond motifs is 1. The van der Waals surface area contributed by atoms with Gasteiger partial charge in [-0.05, 0) is 42.7 Å². The summed E-state index contributed by atoms with van der Waals surface area (Å²) in [5.41, 5.74) is 4.12.